The van der Waals surface area contributed by atoms with E-state index in [1.165, 1.54) is 18.4 Å². The number of halogens is 1. The predicted molar refractivity (Wildman–Crippen MR) is 81.1 cm³/mol. The van der Waals surface area contributed by atoms with Gasteiger partial charge in [0.15, 0.2) is 0 Å². The molecule has 1 aromatic carbocycles. The maximum Gasteiger partial charge on any atom is 0.0749 e. The standard InChI is InChI=1S/C15H23ClN2O/c1-18(11-13-4-2-3-9-19-13)15-6-5-12(7-8-17)10-14(15)16/h5-6,10,13H,2-4,7-9,11,17H2,1H3. The molecule has 0 spiro atoms. The second kappa shape index (κ2) is 7.13. The van der Waals surface area contributed by atoms with E-state index in [-0.39, 0.29) is 0 Å². The molecule has 1 unspecified atom stereocenters. The molecular weight excluding hydrogens is 260 g/mol. The van der Waals surface area contributed by atoms with Crippen LogP contribution in [0.2, 0.25) is 5.02 Å². The lowest BCUT2D eigenvalue weighted by atomic mass is 10.1. The zero-order chi connectivity index (χ0) is 13.7. The van der Waals surface area contributed by atoms with E-state index in [4.69, 9.17) is 22.1 Å². The SMILES string of the molecule is CN(CC1CCCCO1)c1ccc(CCN)cc1Cl. The molecule has 3 nitrogen and oxygen atoms in total. The predicted octanol–water partition coefficient (Wildman–Crippen LogP) is 2.85. The summed E-state index contributed by atoms with van der Waals surface area (Å²) < 4.78 is 5.77. The van der Waals surface area contributed by atoms with Gasteiger partial charge in [-0.25, -0.2) is 0 Å². The molecule has 0 aromatic heterocycles. The molecule has 19 heavy (non-hydrogen) atoms. The molecule has 1 aliphatic rings. The van der Waals surface area contributed by atoms with Gasteiger partial charge in [0.25, 0.3) is 0 Å². The molecule has 4 heteroatoms. The highest BCUT2D eigenvalue weighted by Gasteiger charge is 2.17. The van der Waals surface area contributed by atoms with Gasteiger partial charge in [0.2, 0.25) is 0 Å². The first-order chi connectivity index (χ1) is 9.20. The number of nitrogens with zero attached hydrogens (tertiary/aromatic N) is 1. The molecule has 1 saturated heterocycles. The molecule has 0 amide bonds. The molecule has 0 radical (unpaired) electrons. The Labute approximate surface area is 120 Å². The molecule has 1 heterocycles. The number of likely N-dealkylation sites (N-methyl/N-ethyl adjacent to an activating group) is 1. The van der Waals surface area contributed by atoms with Gasteiger partial charge < -0.3 is 15.4 Å². The summed E-state index contributed by atoms with van der Waals surface area (Å²) in [6, 6.07) is 6.20. The Morgan fingerprint density at radius 2 is 2.26 bits per heavy atom. The topological polar surface area (TPSA) is 38.5 Å². The van der Waals surface area contributed by atoms with Gasteiger partial charge in [-0.3, -0.25) is 0 Å². The number of hydrogen-bond donors (Lipinski definition) is 1. The minimum Gasteiger partial charge on any atom is -0.376 e. The summed E-state index contributed by atoms with van der Waals surface area (Å²) in [6.07, 6.45) is 4.80. The van der Waals surface area contributed by atoms with E-state index in [1.54, 1.807) is 0 Å². The lowest BCUT2D eigenvalue weighted by molar-refractivity contribution is 0.0216. The average Bonchev–Trinajstić information content (AvgIpc) is 2.40. The number of benzene rings is 1. The Morgan fingerprint density at radius 3 is 2.89 bits per heavy atom. The lowest BCUT2D eigenvalue weighted by Gasteiger charge is -2.29. The molecule has 106 valence electrons. The monoisotopic (exact) mass is 282 g/mol. The van der Waals surface area contributed by atoms with E-state index in [0.29, 0.717) is 12.6 Å². The van der Waals surface area contributed by atoms with Crippen molar-refractivity contribution >= 4 is 17.3 Å². The highest BCUT2D eigenvalue weighted by Crippen LogP contribution is 2.27. The normalized spacial score (nSPS) is 19.4. The maximum atomic E-state index is 6.35. The molecule has 1 aromatic rings. The number of nitrogens with two attached hydrogens (primary N) is 1. The summed E-state index contributed by atoms with van der Waals surface area (Å²) in [5.74, 6) is 0. The van der Waals surface area contributed by atoms with Gasteiger partial charge >= 0.3 is 0 Å². The van der Waals surface area contributed by atoms with Crippen molar-refractivity contribution in [3.8, 4) is 0 Å². The highest BCUT2D eigenvalue weighted by atomic mass is 35.5. The Hall–Kier alpha value is -0.770. The zero-order valence-corrected chi connectivity index (χ0v) is 12.3. The Balaban J connectivity index is 1.99. The van der Waals surface area contributed by atoms with Crippen LogP contribution >= 0.6 is 11.6 Å². The third-order valence-electron chi connectivity index (χ3n) is 3.61. The summed E-state index contributed by atoms with van der Waals surface area (Å²) in [7, 11) is 2.07. The number of anilines is 1. The summed E-state index contributed by atoms with van der Waals surface area (Å²) in [5.41, 5.74) is 7.82. The van der Waals surface area contributed by atoms with Crippen LogP contribution in [0.4, 0.5) is 5.69 Å². The first-order valence-electron chi connectivity index (χ1n) is 7.02. The van der Waals surface area contributed by atoms with Crippen LogP contribution in [0, 0.1) is 0 Å². The van der Waals surface area contributed by atoms with Crippen molar-refractivity contribution in [1.29, 1.82) is 0 Å². The van der Waals surface area contributed by atoms with Gasteiger partial charge in [0.05, 0.1) is 16.8 Å². The van der Waals surface area contributed by atoms with E-state index >= 15 is 0 Å². The van der Waals surface area contributed by atoms with E-state index in [9.17, 15) is 0 Å². The number of ether oxygens (including phenoxy) is 1. The Morgan fingerprint density at radius 1 is 1.42 bits per heavy atom. The van der Waals surface area contributed by atoms with E-state index < -0.39 is 0 Å². The molecule has 1 aliphatic heterocycles. The number of hydrogen-bond acceptors (Lipinski definition) is 3. The largest absolute Gasteiger partial charge is 0.376 e. The van der Waals surface area contributed by atoms with E-state index in [0.717, 1.165) is 36.7 Å². The molecular formula is C15H23ClN2O. The summed E-state index contributed by atoms with van der Waals surface area (Å²) in [6.45, 7) is 2.44. The van der Waals surface area contributed by atoms with Crippen molar-refractivity contribution in [3.05, 3.63) is 28.8 Å². The quantitative estimate of drug-likeness (QED) is 0.902. The van der Waals surface area contributed by atoms with Gasteiger partial charge in [-0.05, 0) is 49.9 Å². The summed E-state index contributed by atoms with van der Waals surface area (Å²) >= 11 is 6.35. The maximum absolute atomic E-state index is 6.35. The highest BCUT2D eigenvalue weighted by molar-refractivity contribution is 6.33. The molecule has 1 atom stereocenters. The molecule has 0 aliphatic carbocycles. The molecule has 2 rings (SSSR count). The zero-order valence-electron chi connectivity index (χ0n) is 11.6. The van der Waals surface area contributed by atoms with Gasteiger partial charge in [-0.15, -0.1) is 0 Å². The molecule has 1 fully saturated rings. The van der Waals surface area contributed by atoms with E-state index in [1.807, 2.05) is 6.07 Å². The van der Waals surface area contributed by atoms with E-state index in [2.05, 4.69) is 24.1 Å². The van der Waals surface area contributed by atoms with Crippen molar-refractivity contribution in [3.63, 3.8) is 0 Å². The Bertz CT molecular complexity index is 405. The van der Waals surface area contributed by atoms with Crippen molar-refractivity contribution < 1.29 is 4.74 Å². The first kappa shape index (κ1) is 14.6. The van der Waals surface area contributed by atoms with Crippen LogP contribution in [0.3, 0.4) is 0 Å². The molecule has 0 saturated carbocycles. The summed E-state index contributed by atoms with van der Waals surface area (Å²) in [5, 5.41) is 0.796. The van der Waals surface area contributed by atoms with Crippen LogP contribution < -0.4 is 10.6 Å². The average molecular weight is 283 g/mol. The van der Waals surface area contributed by atoms with Gasteiger partial charge in [0.1, 0.15) is 0 Å². The van der Waals surface area contributed by atoms with Crippen molar-refractivity contribution in [2.45, 2.75) is 31.8 Å². The third-order valence-corrected chi connectivity index (χ3v) is 3.91. The van der Waals surface area contributed by atoms with Crippen LogP contribution in [0.5, 0.6) is 0 Å². The van der Waals surface area contributed by atoms with Crippen LogP contribution in [-0.4, -0.2) is 32.8 Å². The lowest BCUT2D eigenvalue weighted by Crippen LogP contribution is -2.33. The van der Waals surface area contributed by atoms with Gasteiger partial charge in [0, 0.05) is 20.2 Å². The number of rotatable bonds is 5. The molecule has 2 N–H and O–H groups in total. The second-order valence-electron chi connectivity index (χ2n) is 5.19. The van der Waals surface area contributed by atoms with Crippen LogP contribution in [0.25, 0.3) is 0 Å². The minimum atomic E-state index is 0.332. The van der Waals surface area contributed by atoms with Crippen molar-refractivity contribution in [2.24, 2.45) is 5.73 Å². The van der Waals surface area contributed by atoms with Crippen LogP contribution in [-0.2, 0) is 11.2 Å². The fourth-order valence-electron chi connectivity index (χ4n) is 2.54. The fourth-order valence-corrected chi connectivity index (χ4v) is 2.88. The molecule has 0 bridgehead atoms. The van der Waals surface area contributed by atoms with Gasteiger partial charge in [-0.1, -0.05) is 17.7 Å². The fraction of sp³-hybridized carbons (Fsp3) is 0.600. The Kier molecular flexibility index (Phi) is 5.49. The van der Waals surface area contributed by atoms with Crippen molar-refractivity contribution in [1.82, 2.24) is 0 Å². The summed E-state index contributed by atoms with van der Waals surface area (Å²) in [4.78, 5) is 2.19. The van der Waals surface area contributed by atoms with Crippen LogP contribution in [0.1, 0.15) is 24.8 Å². The minimum absolute atomic E-state index is 0.332. The van der Waals surface area contributed by atoms with Gasteiger partial charge in [-0.2, -0.15) is 0 Å². The van der Waals surface area contributed by atoms with Crippen LogP contribution in [0.15, 0.2) is 18.2 Å². The second-order valence-corrected chi connectivity index (χ2v) is 5.60. The first-order valence-corrected chi connectivity index (χ1v) is 7.39. The smallest absolute Gasteiger partial charge is 0.0749 e. The van der Waals surface area contributed by atoms with Crippen molar-refractivity contribution in [2.75, 3.05) is 31.6 Å². The third kappa shape index (κ3) is 4.10.